The largest absolute Gasteiger partial charge is 0.497 e. The summed E-state index contributed by atoms with van der Waals surface area (Å²) in [5.41, 5.74) is 1.19. The number of amides is 2. The molecule has 1 saturated carbocycles. The van der Waals surface area contributed by atoms with Crippen LogP contribution in [-0.4, -0.2) is 57.1 Å². The average Bonchev–Trinajstić information content (AvgIpc) is 2.87. The molecule has 1 fully saturated rings. The van der Waals surface area contributed by atoms with E-state index in [0.29, 0.717) is 17.9 Å². The van der Waals surface area contributed by atoms with Gasteiger partial charge in [-0.05, 0) is 49.1 Å². The van der Waals surface area contributed by atoms with Crippen LogP contribution in [0.2, 0.25) is 0 Å². The van der Waals surface area contributed by atoms with Crippen molar-refractivity contribution in [3.63, 3.8) is 0 Å². The van der Waals surface area contributed by atoms with Crippen LogP contribution in [0.4, 0.5) is 5.69 Å². The number of para-hydroxylation sites is 1. The summed E-state index contributed by atoms with van der Waals surface area (Å²) in [6, 6.07) is 15.2. The van der Waals surface area contributed by atoms with E-state index in [9.17, 15) is 18.0 Å². The average molecular weight is 516 g/mol. The van der Waals surface area contributed by atoms with Crippen LogP contribution in [0, 0.1) is 0 Å². The third-order valence-electron chi connectivity index (χ3n) is 6.55. The van der Waals surface area contributed by atoms with Gasteiger partial charge in [0.25, 0.3) is 0 Å². The highest BCUT2D eigenvalue weighted by Gasteiger charge is 2.32. The highest BCUT2D eigenvalue weighted by molar-refractivity contribution is 7.92. The van der Waals surface area contributed by atoms with E-state index in [-0.39, 0.29) is 18.5 Å². The Kier molecular flexibility index (Phi) is 9.75. The predicted octanol–water partition coefficient (Wildman–Crippen LogP) is 3.72. The molecule has 0 aromatic heterocycles. The Morgan fingerprint density at radius 1 is 1.06 bits per heavy atom. The van der Waals surface area contributed by atoms with Crippen molar-refractivity contribution in [2.45, 2.75) is 64.1 Å². The maximum absolute atomic E-state index is 13.7. The molecule has 9 heteroatoms. The Hall–Kier alpha value is -3.07. The molecule has 0 radical (unpaired) electrons. The summed E-state index contributed by atoms with van der Waals surface area (Å²) in [5, 5.41) is 3.14. The third-order valence-corrected chi connectivity index (χ3v) is 7.69. The Morgan fingerprint density at radius 3 is 2.36 bits per heavy atom. The summed E-state index contributed by atoms with van der Waals surface area (Å²) >= 11 is 0. The van der Waals surface area contributed by atoms with Gasteiger partial charge < -0.3 is 15.0 Å². The zero-order chi connectivity index (χ0) is 26.1. The SMILES string of the molecule is CCC(C(=O)NC1CCCCC1)N(Cc1cccc(OC)c1)C(=O)CN(c1ccccc1)S(C)(=O)=O. The second-order valence-corrected chi connectivity index (χ2v) is 11.2. The van der Waals surface area contributed by atoms with E-state index in [1.807, 2.05) is 31.2 Å². The minimum absolute atomic E-state index is 0.103. The Labute approximate surface area is 214 Å². The first-order chi connectivity index (χ1) is 17.2. The first-order valence-electron chi connectivity index (χ1n) is 12.5. The third kappa shape index (κ3) is 7.46. The lowest BCUT2D eigenvalue weighted by molar-refractivity contribution is -0.140. The Morgan fingerprint density at radius 2 is 1.75 bits per heavy atom. The molecule has 1 unspecified atom stereocenters. The molecule has 1 aliphatic carbocycles. The van der Waals surface area contributed by atoms with Gasteiger partial charge in [-0.25, -0.2) is 8.42 Å². The number of benzene rings is 2. The number of carbonyl (C=O) groups excluding carboxylic acids is 2. The van der Waals surface area contributed by atoms with Gasteiger partial charge in [0, 0.05) is 12.6 Å². The first-order valence-corrected chi connectivity index (χ1v) is 14.3. The van der Waals surface area contributed by atoms with E-state index in [1.165, 1.54) is 11.3 Å². The number of rotatable bonds is 11. The van der Waals surface area contributed by atoms with E-state index in [2.05, 4.69) is 5.32 Å². The molecule has 196 valence electrons. The van der Waals surface area contributed by atoms with Gasteiger partial charge in [-0.15, -0.1) is 0 Å². The van der Waals surface area contributed by atoms with Crippen LogP contribution in [0.15, 0.2) is 54.6 Å². The lowest BCUT2D eigenvalue weighted by Crippen LogP contribution is -2.53. The van der Waals surface area contributed by atoms with Gasteiger partial charge in [0.05, 0.1) is 19.1 Å². The van der Waals surface area contributed by atoms with E-state index < -0.39 is 28.5 Å². The second-order valence-electron chi connectivity index (χ2n) is 9.25. The molecule has 2 aromatic rings. The predicted molar refractivity (Wildman–Crippen MR) is 141 cm³/mol. The molecular weight excluding hydrogens is 478 g/mol. The molecule has 0 saturated heterocycles. The molecular formula is C27H37N3O5S. The fourth-order valence-corrected chi connectivity index (χ4v) is 5.49. The van der Waals surface area contributed by atoms with Crippen LogP contribution in [0.25, 0.3) is 0 Å². The molecule has 0 bridgehead atoms. The zero-order valence-electron chi connectivity index (χ0n) is 21.4. The number of hydrogen-bond donors (Lipinski definition) is 1. The van der Waals surface area contributed by atoms with Crippen LogP contribution >= 0.6 is 0 Å². The number of ether oxygens (including phenoxy) is 1. The van der Waals surface area contributed by atoms with E-state index in [1.54, 1.807) is 37.4 Å². The molecule has 8 nitrogen and oxygen atoms in total. The van der Waals surface area contributed by atoms with Crippen LogP contribution in [0.1, 0.15) is 51.0 Å². The topological polar surface area (TPSA) is 96.0 Å². The smallest absolute Gasteiger partial charge is 0.244 e. The first kappa shape index (κ1) is 27.5. The van der Waals surface area contributed by atoms with Crippen molar-refractivity contribution in [1.29, 1.82) is 0 Å². The summed E-state index contributed by atoms with van der Waals surface area (Å²) in [6.45, 7) is 1.61. The van der Waals surface area contributed by atoms with Crippen molar-refractivity contribution in [1.82, 2.24) is 10.2 Å². The maximum atomic E-state index is 13.7. The number of nitrogens with zero attached hydrogens (tertiary/aromatic N) is 2. The van der Waals surface area contributed by atoms with Crippen molar-refractivity contribution in [2.75, 3.05) is 24.2 Å². The van der Waals surface area contributed by atoms with Crippen molar-refractivity contribution in [3.05, 3.63) is 60.2 Å². The summed E-state index contributed by atoms with van der Waals surface area (Å²) in [7, 11) is -2.17. The van der Waals surface area contributed by atoms with Crippen LogP contribution in [-0.2, 0) is 26.2 Å². The number of nitrogens with one attached hydrogen (secondary N) is 1. The highest BCUT2D eigenvalue weighted by Crippen LogP contribution is 2.22. The van der Waals surface area contributed by atoms with Crippen LogP contribution < -0.4 is 14.4 Å². The van der Waals surface area contributed by atoms with Gasteiger partial charge in [0.2, 0.25) is 21.8 Å². The fraction of sp³-hybridized carbons (Fsp3) is 0.481. The molecule has 2 aromatic carbocycles. The molecule has 0 aliphatic heterocycles. The lowest BCUT2D eigenvalue weighted by Gasteiger charge is -2.34. The number of sulfonamides is 1. The van der Waals surface area contributed by atoms with Crippen molar-refractivity contribution < 1.29 is 22.7 Å². The minimum Gasteiger partial charge on any atom is -0.497 e. The molecule has 1 N–H and O–H groups in total. The maximum Gasteiger partial charge on any atom is 0.244 e. The molecule has 0 spiro atoms. The minimum atomic E-state index is -3.74. The van der Waals surface area contributed by atoms with Gasteiger partial charge in [0.1, 0.15) is 18.3 Å². The Balaban J connectivity index is 1.90. The number of anilines is 1. The molecule has 1 atom stereocenters. The monoisotopic (exact) mass is 515 g/mol. The molecule has 0 heterocycles. The van der Waals surface area contributed by atoms with Crippen molar-refractivity contribution in [2.24, 2.45) is 0 Å². The standard InChI is InChI=1S/C27H37N3O5S/c1-4-25(27(32)28-22-13-7-5-8-14-22)29(19-21-12-11-17-24(18-21)35-2)26(31)20-30(36(3,33)34)23-15-9-6-10-16-23/h6,9-12,15-18,22,25H,4-5,7-8,13-14,19-20H2,1-3H3,(H,28,32). The Bertz CT molecular complexity index is 1120. The summed E-state index contributed by atoms with van der Waals surface area (Å²) < 4.78 is 31.7. The fourth-order valence-electron chi connectivity index (χ4n) is 4.64. The summed E-state index contributed by atoms with van der Waals surface area (Å²) in [4.78, 5) is 28.6. The van der Waals surface area contributed by atoms with E-state index >= 15 is 0 Å². The van der Waals surface area contributed by atoms with Crippen molar-refractivity contribution in [3.8, 4) is 5.75 Å². The summed E-state index contributed by atoms with van der Waals surface area (Å²) in [6.07, 6.45) is 6.67. The van der Waals surface area contributed by atoms with Crippen LogP contribution in [0.3, 0.4) is 0 Å². The number of carbonyl (C=O) groups is 2. The molecule has 2 amide bonds. The quantitative estimate of drug-likeness (QED) is 0.492. The van der Waals surface area contributed by atoms with Gasteiger partial charge in [-0.1, -0.05) is 56.5 Å². The molecule has 36 heavy (non-hydrogen) atoms. The molecule has 3 rings (SSSR count). The number of hydrogen-bond acceptors (Lipinski definition) is 5. The second kappa shape index (κ2) is 12.8. The van der Waals surface area contributed by atoms with Gasteiger partial charge >= 0.3 is 0 Å². The highest BCUT2D eigenvalue weighted by atomic mass is 32.2. The summed E-state index contributed by atoms with van der Waals surface area (Å²) in [5.74, 6) is -0.00865. The zero-order valence-corrected chi connectivity index (χ0v) is 22.2. The normalized spacial score (nSPS) is 15.1. The van der Waals surface area contributed by atoms with Gasteiger partial charge in [-0.2, -0.15) is 0 Å². The lowest BCUT2D eigenvalue weighted by atomic mass is 9.95. The van der Waals surface area contributed by atoms with Gasteiger partial charge in [0.15, 0.2) is 0 Å². The molecule has 1 aliphatic rings. The van der Waals surface area contributed by atoms with E-state index in [4.69, 9.17) is 4.74 Å². The van der Waals surface area contributed by atoms with Gasteiger partial charge in [-0.3, -0.25) is 13.9 Å². The van der Waals surface area contributed by atoms with Crippen molar-refractivity contribution >= 4 is 27.5 Å². The van der Waals surface area contributed by atoms with E-state index in [0.717, 1.165) is 41.8 Å². The van der Waals surface area contributed by atoms with Crippen LogP contribution in [0.5, 0.6) is 5.75 Å². The number of methoxy groups -OCH3 is 1.